The third kappa shape index (κ3) is 3.87. The predicted molar refractivity (Wildman–Crippen MR) is 87.3 cm³/mol. The van der Waals surface area contributed by atoms with E-state index in [2.05, 4.69) is 0 Å². The Kier molecular flexibility index (Phi) is 5.03. The van der Waals surface area contributed by atoms with E-state index >= 15 is 0 Å². The highest BCUT2D eigenvalue weighted by Gasteiger charge is 2.09. The summed E-state index contributed by atoms with van der Waals surface area (Å²) < 4.78 is 6.03. The molecule has 2 aromatic rings. The first-order valence-corrected chi connectivity index (χ1v) is 6.99. The number of nitrogen functional groups attached to an aromatic ring is 2. The number of anilines is 2. The van der Waals surface area contributed by atoms with Crippen LogP contribution in [0.5, 0.6) is 11.5 Å². The van der Waals surface area contributed by atoms with E-state index in [-0.39, 0.29) is 0 Å². The van der Waals surface area contributed by atoms with Crippen molar-refractivity contribution in [3.63, 3.8) is 0 Å². The van der Waals surface area contributed by atoms with Crippen LogP contribution in [0.1, 0.15) is 11.1 Å². The highest BCUT2D eigenvalue weighted by molar-refractivity contribution is 5.52. The van der Waals surface area contributed by atoms with Gasteiger partial charge in [0.05, 0.1) is 0 Å². The molecule has 0 bridgehead atoms. The zero-order chi connectivity index (χ0) is 15.2. The highest BCUT2D eigenvalue weighted by Crippen LogP contribution is 2.31. The number of ether oxygens (including phenoxy) is 1. The van der Waals surface area contributed by atoms with E-state index in [1.165, 1.54) is 0 Å². The van der Waals surface area contributed by atoms with Gasteiger partial charge in [-0.15, -0.1) is 0 Å². The minimum Gasteiger partial charge on any atom is -0.457 e. The van der Waals surface area contributed by atoms with Crippen molar-refractivity contribution in [3.8, 4) is 11.5 Å². The number of hydrogen-bond acceptors (Lipinski definition) is 5. The Labute approximate surface area is 124 Å². The number of benzene rings is 2. The molecule has 0 saturated carbocycles. The molecule has 0 aliphatic heterocycles. The van der Waals surface area contributed by atoms with Crippen molar-refractivity contribution in [3.05, 3.63) is 47.5 Å². The van der Waals surface area contributed by atoms with Crippen molar-refractivity contribution in [1.29, 1.82) is 0 Å². The van der Waals surface area contributed by atoms with Crippen LogP contribution in [0.15, 0.2) is 36.4 Å². The van der Waals surface area contributed by atoms with Gasteiger partial charge < -0.3 is 27.7 Å². The zero-order valence-electron chi connectivity index (χ0n) is 12.0. The lowest BCUT2D eigenvalue weighted by Crippen LogP contribution is -2.07. The summed E-state index contributed by atoms with van der Waals surface area (Å²) in [7, 11) is 0. The van der Waals surface area contributed by atoms with E-state index in [0.29, 0.717) is 37.3 Å². The maximum absolute atomic E-state index is 6.03. The van der Waals surface area contributed by atoms with Gasteiger partial charge in [0, 0.05) is 11.4 Å². The van der Waals surface area contributed by atoms with Crippen LogP contribution in [0.3, 0.4) is 0 Å². The molecule has 112 valence electrons. The lowest BCUT2D eigenvalue weighted by atomic mass is 10.1. The standard InChI is InChI=1S/C16H22N4O/c17-7-5-11-9-13(19)1-3-15(11)21-16-4-2-14(20)10-12(16)6-8-18/h1-4,9-10H,5-8,17-20H2. The Balaban J connectivity index is 2.33. The van der Waals surface area contributed by atoms with E-state index in [4.69, 9.17) is 27.7 Å². The Morgan fingerprint density at radius 3 is 1.52 bits per heavy atom. The number of hydrogen-bond donors (Lipinski definition) is 4. The number of rotatable bonds is 6. The summed E-state index contributed by atoms with van der Waals surface area (Å²) in [6.07, 6.45) is 1.42. The van der Waals surface area contributed by atoms with Crippen LogP contribution in [-0.4, -0.2) is 13.1 Å². The molecule has 8 N–H and O–H groups in total. The van der Waals surface area contributed by atoms with Gasteiger partial charge in [-0.1, -0.05) is 0 Å². The molecular weight excluding hydrogens is 264 g/mol. The van der Waals surface area contributed by atoms with Gasteiger partial charge in [-0.25, -0.2) is 0 Å². The molecular formula is C16H22N4O. The second-order valence-corrected chi connectivity index (χ2v) is 4.91. The summed E-state index contributed by atoms with van der Waals surface area (Å²) in [6, 6.07) is 11.1. The molecule has 0 heterocycles. The minimum absolute atomic E-state index is 0.539. The summed E-state index contributed by atoms with van der Waals surface area (Å²) >= 11 is 0. The average Bonchev–Trinajstić information content (AvgIpc) is 2.45. The van der Waals surface area contributed by atoms with Gasteiger partial charge in [0.1, 0.15) is 11.5 Å². The largest absolute Gasteiger partial charge is 0.457 e. The first-order chi connectivity index (χ1) is 10.1. The summed E-state index contributed by atoms with van der Waals surface area (Å²) in [4.78, 5) is 0. The fraction of sp³-hybridized carbons (Fsp3) is 0.250. The van der Waals surface area contributed by atoms with Gasteiger partial charge in [-0.2, -0.15) is 0 Å². The van der Waals surface area contributed by atoms with Crippen LogP contribution in [-0.2, 0) is 12.8 Å². The summed E-state index contributed by atoms with van der Waals surface area (Å²) in [6.45, 7) is 1.08. The smallest absolute Gasteiger partial charge is 0.130 e. The van der Waals surface area contributed by atoms with Crippen molar-refractivity contribution >= 4 is 11.4 Å². The molecule has 2 rings (SSSR count). The quantitative estimate of drug-likeness (QED) is 0.603. The molecule has 0 saturated heterocycles. The van der Waals surface area contributed by atoms with Gasteiger partial charge in [-0.3, -0.25) is 0 Å². The lowest BCUT2D eigenvalue weighted by Gasteiger charge is -2.15. The minimum atomic E-state index is 0.539. The summed E-state index contributed by atoms with van der Waals surface area (Å²) in [5.74, 6) is 1.52. The molecule has 0 atom stereocenters. The SMILES string of the molecule is NCCc1cc(N)ccc1Oc1ccc(N)cc1CCN. The molecule has 21 heavy (non-hydrogen) atoms. The zero-order valence-corrected chi connectivity index (χ0v) is 12.0. The number of nitrogens with two attached hydrogens (primary N) is 4. The normalized spacial score (nSPS) is 10.6. The van der Waals surface area contributed by atoms with Gasteiger partial charge in [-0.05, 0) is 73.5 Å². The molecule has 0 aliphatic carbocycles. The molecule has 0 fully saturated rings. The molecule has 5 nitrogen and oxygen atoms in total. The second-order valence-electron chi connectivity index (χ2n) is 4.91. The van der Waals surface area contributed by atoms with E-state index in [1.54, 1.807) is 0 Å². The lowest BCUT2D eigenvalue weighted by molar-refractivity contribution is 0.470. The fourth-order valence-electron chi connectivity index (χ4n) is 2.22. The van der Waals surface area contributed by atoms with Gasteiger partial charge in [0.2, 0.25) is 0 Å². The van der Waals surface area contributed by atoms with Crippen LogP contribution < -0.4 is 27.7 Å². The average molecular weight is 286 g/mol. The van der Waals surface area contributed by atoms with E-state index in [9.17, 15) is 0 Å². The van der Waals surface area contributed by atoms with E-state index in [1.807, 2.05) is 36.4 Å². The summed E-state index contributed by atoms with van der Waals surface area (Å²) in [5, 5.41) is 0. The molecule has 0 aromatic heterocycles. The third-order valence-electron chi connectivity index (χ3n) is 3.22. The van der Waals surface area contributed by atoms with Crippen LogP contribution in [0.2, 0.25) is 0 Å². The molecule has 0 unspecified atom stereocenters. The Morgan fingerprint density at radius 1 is 0.714 bits per heavy atom. The summed E-state index contributed by atoms with van der Waals surface area (Å²) in [5.41, 5.74) is 26.3. The molecule has 2 aromatic carbocycles. The molecule has 5 heteroatoms. The molecule has 0 aliphatic rings. The molecule has 0 radical (unpaired) electrons. The first-order valence-electron chi connectivity index (χ1n) is 6.99. The Morgan fingerprint density at radius 2 is 1.14 bits per heavy atom. The predicted octanol–water partition coefficient (Wildman–Crippen LogP) is 1.65. The molecule has 0 spiro atoms. The topological polar surface area (TPSA) is 113 Å². The Hall–Kier alpha value is -2.24. The highest BCUT2D eigenvalue weighted by atomic mass is 16.5. The van der Waals surface area contributed by atoms with Crippen LogP contribution in [0, 0.1) is 0 Å². The van der Waals surface area contributed by atoms with Crippen molar-refractivity contribution < 1.29 is 4.74 Å². The van der Waals surface area contributed by atoms with Crippen molar-refractivity contribution in [2.45, 2.75) is 12.8 Å². The van der Waals surface area contributed by atoms with Crippen LogP contribution in [0.4, 0.5) is 11.4 Å². The van der Waals surface area contributed by atoms with Crippen molar-refractivity contribution in [2.75, 3.05) is 24.6 Å². The molecule has 0 amide bonds. The third-order valence-corrected chi connectivity index (χ3v) is 3.22. The van der Waals surface area contributed by atoms with E-state index in [0.717, 1.165) is 22.6 Å². The van der Waals surface area contributed by atoms with Crippen LogP contribution in [0.25, 0.3) is 0 Å². The Bertz CT molecular complexity index is 560. The van der Waals surface area contributed by atoms with Gasteiger partial charge >= 0.3 is 0 Å². The maximum atomic E-state index is 6.03. The fourth-order valence-corrected chi connectivity index (χ4v) is 2.22. The van der Waals surface area contributed by atoms with E-state index < -0.39 is 0 Å². The monoisotopic (exact) mass is 286 g/mol. The van der Waals surface area contributed by atoms with Gasteiger partial charge in [0.15, 0.2) is 0 Å². The first kappa shape index (κ1) is 15.2. The van der Waals surface area contributed by atoms with Gasteiger partial charge in [0.25, 0.3) is 0 Å². The van der Waals surface area contributed by atoms with Crippen molar-refractivity contribution in [1.82, 2.24) is 0 Å². The second kappa shape index (κ2) is 6.97. The van der Waals surface area contributed by atoms with Crippen molar-refractivity contribution in [2.24, 2.45) is 11.5 Å². The maximum Gasteiger partial charge on any atom is 0.130 e. The van der Waals surface area contributed by atoms with Crippen LogP contribution >= 0.6 is 0 Å².